The Balaban J connectivity index is 1.32. The highest BCUT2D eigenvalue weighted by Crippen LogP contribution is 2.18. The predicted octanol–water partition coefficient (Wildman–Crippen LogP) is 4.32. The molecule has 3 rings (SSSR count). The van der Waals surface area contributed by atoms with E-state index >= 15 is 0 Å². The lowest BCUT2D eigenvalue weighted by atomic mass is 10.2. The summed E-state index contributed by atoms with van der Waals surface area (Å²) in [6.45, 7) is 2.46. The van der Waals surface area contributed by atoms with Crippen LogP contribution in [0.4, 0.5) is 0 Å². The molecule has 0 fully saturated rings. The lowest BCUT2D eigenvalue weighted by Gasteiger charge is -2.08. The molecule has 0 aliphatic heterocycles. The zero-order valence-corrected chi connectivity index (χ0v) is 19.3. The Morgan fingerprint density at radius 1 is 0.939 bits per heavy atom. The number of nitrogens with one attached hydrogen (secondary N) is 2. The highest BCUT2D eigenvalue weighted by molar-refractivity contribution is 7.99. The molecule has 0 saturated heterocycles. The van der Waals surface area contributed by atoms with Gasteiger partial charge in [0.15, 0.2) is 6.61 Å². The zero-order chi connectivity index (χ0) is 23.3. The minimum Gasteiger partial charge on any atom is -0.484 e. The largest absolute Gasteiger partial charge is 0.484 e. The average molecular weight is 462 g/mol. The molecule has 3 aromatic carbocycles. The van der Waals surface area contributed by atoms with Crippen LogP contribution in [0.1, 0.15) is 23.1 Å². The van der Waals surface area contributed by atoms with Gasteiger partial charge in [0.2, 0.25) is 5.91 Å². The summed E-state index contributed by atoms with van der Waals surface area (Å²) in [5.41, 5.74) is 5.60. The molecule has 0 bridgehead atoms. The topological polar surface area (TPSA) is 79.8 Å². The van der Waals surface area contributed by atoms with E-state index in [9.17, 15) is 9.59 Å². The summed E-state index contributed by atoms with van der Waals surface area (Å²) in [6.07, 6.45) is 1.95. The van der Waals surface area contributed by atoms with Crippen LogP contribution < -0.4 is 15.5 Å². The number of hydrogen-bond acceptors (Lipinski definition) is 5. The summed E-state index contributed by atoms with van der Waals surface area (Å²) in [7, 11) is 0. The Bertz CT molecular complexity index is 1050. The van der Waals surface area contributed by atoms with Gasteiger partial charge in [0, 0.05) is 23.6 Å². The summed E-state index contributed by atoms with van der Waals surface area (Å²) in [5.74, 6) is 0.953. The van der Waals surface area contributed by atoms with E-state index in [4.69, 9.17) is 4.74 Å². The van der Waals surface area contributed by atoms with E-state index in [-0.39, 0.29) is 18.4 Å². The number of amides is 2. The number of nitrogens with zero attached hydrogens (tertiary/aromatic N) is 1. The monoisotopic (exact) mass is 461 g/mol. The molecule has 0 atom stereocenters. The van der Waals surface area contributed by atoms with Gasteiger partial charge < -0.3 is 10.1 Å². The first-order chi connectivity index (χ1) is 16.1. The molecule has 0 aliphatic rings. The van der Waals surface area contributed by atoms with Crippen LogP contribution in [0.3, 0.4) is 0 Å². The lowest BCUT2D eigenvalue weighted by Crippen LogP contribution is -2.28. The number of carbonyl (C=O) groups is 2. The first-order valence-corrected chi connectivity index (χ1v) is 11.6. The van der Waals surface area contributed by atoms with E-state index in [2.05, 4.69) is 40.1 Å². The number of thioether (sulfide) groups is 1. The number of benzene rings is 3. The lowest BCUT2D eigenvalue weighted by molar-refractivity contribution is -0.123. The molecule has 2 amide bonds. The molecule has 6 nitrogen and oxygen atoms in total. The molecule has 0 saturated carbocycles. The quantitative estimate of drug-likeness (QED) is 0.253. The standard InChI is InChI=1S/C26H27N3O3S/c1-20-7-13-24(14-8-20)33-16-15-25(30)29-28-18-22-9-11-23(12-10-22)32-19-26(31)27-17-21-5-3-2-4-6-21/h2-14,18H,15-17,19H2,1H3,(H,27,31)(H,29,30)/b28-18-. The summed E-state index contributed by atoms with van der Waals surface area (Å²) in [4.78, 5) is 25.0. The number of ether oxygens (including phenoxy) is 1. The predicted molar refractivity (Wildman–Crippen MR) is 132 cm³/mol. The molecule has 3 aromatic rings. The molecule has 0 heterocycles. The second-order valence-corrected chi connectivity index (χ2v) is 8.49. The molecule has 2 N–H and O–H groups in total. The molecule has 7 heteroatoms. The Labute approximate surface area is 198 Å². The third-order valence-corrected chi connectivity index (χ3v) is 5.62. The molecular weight excluding hydrogens is 434 g/mol. The van der Waals surface area contributed by atoms with Gasteiger partial charge >= 0.3 is 0 Å². The van der Waals surface area contributed by atoms with Crippen molar-refractivity contribution in [1.82, 2.24) is 10.7 Å². The fraction of sp³-hybridized carbons (Fsp3) is 0.192. The maximum atomic E-state index is 11.9. The van der Waals surface area contributed by atoms with Crippen molar-refractivity contribution < 1.29 is 14.3 Å². The maximum Gasteiger partial charge on any atom is 0.258 e. The Morgan fingerprint density at radius 2 is 1.67 bits per heavy atom. The van der Waals surface area contributed by atoms with Gasteiger partial charge in [-0.15, -0.1) is 11.8 Å². The van der Waals surface area contributed by atoms with Gasteiger partial charge in [-0.1, -0.05) is 48.0 Å². The van der Waals surface area contributed by atoms with Crippen LogP contribution in [0, 0.1) is 6.92 Å². The Hall–Kier alpha value is -3.58. The summed E-state index contributed by atoms with van der Waals surface area (Å²) in [6, 6.07) is 25.1. The second kappa shape index (κ2) is 13.1. The summed E-state index contributed by atoms with van der Waals surface area (Å²) < 4.78 is 5.51. The number of hydrazone groups is 1. The van der Waals surface area contributed by atoms with Crippen molar-refractivity contribution in [3.05, 3.63) is 95.6 Å². The molecule has 0 spiro atoms. The van der Waals surface area contributed by atoms with Crippen molar-refractivity contribution in [2.24, 2.45) is 5.10 Å². The first-order valence-electron chi connectivity index (χ1n) is 10.6. The van der Waals surface area contributed by atoms with Crippen molar-refractivity contribution in [3.63, 3.8) is 0 Å². The van der Waals surface area contributed by atoms with Gasteiger partial charge in [-0.25, -0.2) is 5.43 Å². The first kappa shape index (κ1) is 24.1. The third-order valence-electron chi connectivity index (χ3n) is 4.60. The molecular formula is C26H27N3O3S. The van der Waals surface area contributed by atoms with Crippen molar-refractivity contribution in [2.75, 3.05) is 12.4 Å². The Kier molecular flexibility index (Phi) is 9.54. The highest BCUT2D eigenvalue weighted by Gasteiger charge is 2.03. The maximum absolute atomic E-state index is 11.9. The summed E-state index contributed by atoms with van der Waals surface area (Å²) in [5, 5.41) is 6.82. The van der Waals surface area contributed by atoms with Crippen molar-refractivity contribution in [1.29, 1.82) is 0 Å². The molecule has 0 radical (unpaired) electrons. The van der Waals surface area contributed by atoms with Crippen LogP contribution in [-0.2, 0) is 16.1 Å². The number of aryl methyl sites for hydroxylation is 1. The summed E-state index contributed by atoms with van der Waals surface area (Å²) >= 11 is 1.64. The molecule has 0 aromatic heterocycles. The van der Waals surface area contributed by atoms with Crippen LogP contribution in [0.25, 0.3) is 0 Å². The fourth-order valence-corrected chi connectivity index (χ4v) is 3.63. The molecule has 0 unspecified atom stereocenters. The van der Waals surface area contributed by atoms with Crippen LogP contribution >= 0.6 is 11.8 Å². The van der Waals surface area contributed by atoms with E-state index in [1.165, 1.54) is 5.56 Å². The van der Waals surface area contributed by atoms with E-state index < -0.39 is 0 Å². The van der Waals surface area contributed by atoms with Gasteiger partial charge in [0.25, 0.3) is 5.91 Å². The van der Waals surface area contributed by atoms with Gasteiger partial charge in [-0.2, -0.15) is 5.10 Å². The van der Waals surface area contributed by atoms with E-state index in [0.717, 1.165) is 16.0 Å². The number of carbonyl (C=O) groups excluding carboxylic acids is 2. The average Bonchev–Trinajstić information content (AvgIpc) is 2.84. The van der Waals surface area contributed by atoms with Gasteiger partial charge in [0.05, 0.1) is 6.21 Å². The minimum atomic E-state index is -0.187. The minimum absolute atomic E-state index is 0.0586. The molecule has 170 valence electrons. The highest BCUT2D eigenvalue weighted by atomic mass is 32.2. The van der Waals surface area contributed by atoms with Gasteiger partial charge in [-0.05, 0) is 54.4 Å². The SMILES string of the molecule is Cc1ccc(SCCC(=O)N/N=C\c2ccc(OCC(=O)NCc3ccccc3)cc2)cc1. The number of rotatable bonds is 11. The van der Waals surface area contributed by atoms with Crippen LogP contribution in [0.15, 0.2) is 88.9 Å². The van der Waals surface area contributed by atoms with Crippen LogP contribution in [0.5, 0.6) is 5.75 Å². The van der Waals surface area contributed by atoms with Crippen molar-refractivity contribution >= 4 is 29.8 Å². The van der Waals surface area contributed by atoms with E-state index in [1.54, 1.807) is 42.2 Å². The van der Waals surface area contributed by atoms with E-state index in [1.807, 2.05) is 37.3 Å². The van der Waals surface area contributed by atoms with Crippen LogP contribution in [-0.4, -0.2) is 30.4 Å². The van der Waals surface area contributed by atoms with Crippen molar-refractivity contribution in [2.45, 2.75) is 24.8 Å². The molecule has 0 aliphatic carbocycles. The Morgan fingerprint density at radius 3 is 2.39 bits per heavy atom. The third kappa shape index (κ3) is 9.21. The van der Waals surface area contributed by atoms with E-state index in [0.29, 0.717) is 24.5 Å². The van der Waals surface area contributed by atoms with Crippen LogP contribution in [0.2, 0.25) is 0 Å². The second-order valence-electron chi connectivity index (χ2n) is 7.32. The van der Waals surface area contributed by atoms with Gasteiger partial charge in [0.1, 0.15) is 5.75 Å². The van der Waals surface area contributed by atoms with Gasteiger partial charge in [-0.3, -0.25) is 9.59 Å². The smallest absolute Gasteiger partial charge is 0.258 e. The normalized spacial score (nSPS) is 10.7. The molecule has 33 heavy (non-hydrogen) atoms. The number of hydrogen-bond donors (Lipinski definition) is 2. The zero-order valence-electron chi connectivity index (χ0n) is 18.5. The fourth-order valence-electron chi connectivity index (χ4n) is 2.78. The van der Waals surface area contributed by atoms with Crippen molar-refractivity contribution in [3.8, 4) is 5.75 Å².